The molecule has 0 atom stereocenters. The smallest absolute Gasteiger partial charge is 0.416 e. The van der Waals surface area contributed by atoms with Crippen LogP contribution in [0.5, 0.6) is 5.75 Å². The van der Waals surface area contributed by atoms with Gasteiger partial charge in [-0.2, -0.15) is 13.2 Å². The lowest BCUT2D eigenvalue weighted by molar-refractivity contribution is -0.137. The Hall–Kier alpha value is -1.76. The molecule has 1 fully saturated rings. The Bertz CT molecular complexity index is 567. The fourth-order valence-electron chi connectivity index (χ4n) is 2.82. The van der Waals surface area contributed by atoms with Gasteiger partial charge in [0.15, 0.2) is 6.61 Å². The molecule has 2 rings (SSSR count). The maximum Gasteiger partial charge on any atom is 0.416 e. The summed E-state index contributed by atoms with van der Waals surface area (Å²) in [5.41, 5.74) is -0.154. The van der Waals surface area contributed by atoms with Gasteiger partial charge < -0.3 is 15.4 Å². The minimum atomic E-state index is -4.39. The molecular weight excluding hydrogens is 321 g/mol. The van der Waals surface area contributed by atoms with Crippen molar-refractivity contribution in [2.24, 2.45) is 0 Å². The first-order valence-electron chi connectivity index (χ1n) is 8.11. The third kappa shape index (κ3) is 5.12. The van der Waals surface area contributed by atoms with Crippen molar-refractivity contribution in [3.05, 3.63) is 29.3 Å². The number of ether oxygens (including phenoxy) is 1. The van der Waals surface area contributed by atoms with Crippen molar-refractivity contribution in [3.8, 4) is 5.75 Å². The Labute approximate surface area is 139 Å². The van der Waals surface area contributed by atoms with Crippen LogP contribution in [0, 0.1) is 0 Å². The van der Waals surface area contributed by atoms with E-state index in [4.69, 9.17) is 4.74 Å². The fraction of sp³-hybridized carbons (Fsp3) is 0.588. The maximum absolute atomic E-state index is 13.0. The maximum atomic E-state index is 13.0. The van der Waals surface area contributed by atoms with E-state index in [2.05, 4.69) is 10.6 Å². The molecule has 1 saturated heterocycles. The SMILES string of the molecule is CC(C)NC(=O)COc1ccc(C(F)(F)F)cc1C1CCNCC1. The predicted octanol–water partition coefficient (Wildman–Crippen LogP) is 3.08. The van der Waals surface area contributed by atoms with E-state index in [-0.39, 0.29) is 24.5 Å². The molecule has 134 valence electrons. The van der Waals surface area contributed by atoms with Gasteiger partial charge >= 0.3 is 6.18 Å². The van der Waals surface area contributed by atoms with Crippen molar-refractivity contribution in [1.82, 2.24) is 10.6 Å². The molecule has 1 aromatic carbocycles. The minimum absolute atomic E-state index is 0.00305. The van der Waals surface area contributed by atoms with Crippen molar-refractivity contribution in [2.75, 3.05) is 19.7 Å². The van der Waals surface area contributed by atoms with Gasteiger partial charge in [-0.15, -0.1) is 0 Å². The van der Waals surface area contributed by atoms with Crippen LogP contribution in [0.2, 0.25) is 0 Å². The van der Waals surface area contributed by atoms with Crippen molar-refractivity contribution in [1.29, 1.82) is 0 Å². The molecule has 4 nitrogen and oxygen atoms in total. The summed E-state index contributed by atoms with van der Waals surface area (Å²) >= 11 is 0. The van der Waals surface area contributed by atoms with Crippen LogP contribution >= 0.6 is 0 Å². The number of alkyl halides is 3. The van der Waals surface area contributed by atoms with Gasteiger partial charge in [0.05, 0.1) is 5.56 Å². The summed E-state index contributed by atoms with van der Waals surface area (Å²) in [7, 11) is 0. The van der Waals surface area contributed by atoms with Gasteiger partial charge in [0.2, 0.25) is 0 Å². The number of halogens is 3. The van der Waals surface area contributed by atoms with Crippen LogP contribution in [0.25, 0.3) is 0 Å². The average Bonchev–Trinajstić information content (AvgIpc) is 2.52. The molecule has 0 spiro atoms. The largest absolute Gasteiger partial charge is 0.483 e. The number of amides is 1. The number of rotatable bonds is 5. The topological polar surface area (TPSA) is 50.4 Å². The van der Waals surface area contributed by atoms with Gasteiger partial charge in [-0.1, -0.05) is 0 Å². The van der Waals surface area contributed by atoms with Gasteiger partial charge in [0.25, 0.3) is 5.91 Å². The van der Waals surface area contributed by atoms with Crippen LogP contribution in [0.1, 0.15) is 43.7 Å². The third-order valence-corrected chi connectivity index (χ3v) is 3.92. The number of carbonyl (C=O) groups is 1. The molecular formula is C17H23F3N2O2. The van der Waals surface area contributed by atoms with Crippen LogP contribution in [-0.4, -0.2) is 31.6 Å². The summed E-state index contributed by atoms with van der Waals surface area (Å²) in [6.45, 7) is 4.97. The zero-order valence-electron chi connectivity index (χ0n) is 13.9. The van der Waals surface area contributed by atoms with Crippen LogP contribution in [0.15, 0.2) is 18.2 Å². The van der Waals surface area contributed by atoms with Crippen molar-refractivity contribution >= 4 is 5.91 Å². The summed E-state index contributed by atoms with van der Waals surface area (Å²) in [5.74, 6) is 0.0617. The number of hydrogen-bond acceptors (Lipinski definition) is 3. The molecule has 0 unspecified atom stereocenters. The van der Waals surface area contributed by atoms with E-state index >= 15 is 0 Å². The predicted molar refractivity (Wildman–Crippen MR) is 85.1 cm³/mol. The zero-order valence-corrected chi connectivity index (χ0v) is 13.9. The summed E-state index contributed by atoms with van der Waals surface area (Å²) < 4.78 is 44.5. The highest BCUT2D eigenvalue weighted by Gasteiger charge is 2.32. The number of carbonyl (C=O) groups excluding carboxylic acids is 1. The third-order valence-electron chi connectivity index (χ3n) is 3.92. The molecule has 0 radical (unpaired) electrons. The summed E-state index contributed by atoms with van der Waals surface area (Å²) in [6.07, 6.45) is -2.90. The summed E-state index contributed by atoms with van der Waals surface area (Å²) in [5, 5.41) is 5.89. The molecule has 7 heteroatoms. The Morgan fingerprint density at radius 1 is 1.33 bits per heavy atom. The zero-order chi connectivity index (χ0) is 17.7. The number of hydrogen-bond donors (Lipinski definition) is 2. The van der Waals surface area contributed by atoms with E-state index in [0.29, 0.717) is 11.3 Å². The van der Waals surface area contributed by atoms with Crippen LogP contribution < -0.4 is 15.4 Å². The van der Waals surface area contributed by atoms with Crippen molar-refractivity contribution in [3.63, 3.8) is 0 Å². The molecule has 24 heavy (non-hydrogen) atoms. The van der Waals surface area contributed by atoms with E-state index in [1.54, 1.807) is 0 Å². The van der Waals surface area contributed by atoms with Crippen molar-refractivity contribution < 1.29 is 22.7 Å². The van der Waals surface area contributed by atoms with Gasteiger partial charge in [0, 0.05) is 6.04 Å². The highest BCUT2D eigenvalue weighted by atomic mass is 19.4. The fourth-order valence-corrected chi connectivity index (χ4v) is 2.82. The molecule has 1 aliphatic heterocycles. The molecule has 0 bridgehead atoms. The monoisotopic (exact) mass is 344 g/mol. The van der Waals surface area contributed by atoms with Crippen LogP contribution in [0.4, 0.5) is 13.2 Å². The number of benzene rings is 1. The van der Waals surface area contributed by atoms with Crippen LogP contribution in [0.3, 0.4) is 0 Å². The second-order valence-electron chi connectivity index (χ2n) is 6.29. The normalized spacial score (nSPS) is 16.2. The van der Waals surface area contributed by atoms with Gasteiger partial charge in [-0.25, -0.2) is 0 Å². The highest BCUT2D eigenvalue weighted by Crippen LogP contribution is 2.38. The number of piperidine rings is 1. The first-order valence-corrected chi connectivity index (χ1v) is 8.11. The molecule has 0 saturated carbocycles. The number of nitrogens with one attached hydrogen (secondary N) is 2. The van der Waals surface area contributed by atoms with E-state index in [9.17, 15) is 18.0 Å². The van der Waals surface area contributed by atoms with E-state index in [1.165, 1.54) is 6.07 Å². The van der Waals surface area contributed by atoms with Crippen LogP contribution in [-0.2, 0) is 11.0 Å². The second-order valence-corrected chi connectivity index (χ2v) is 6.29. The standard InChI is InChI=1S/C17H23F3N2O2/c1-11(2)22-16(23)10-24-15-4-3-13(17(18,19)20)9-14(15)12-5-7-21-8-6-12/h3-4,9,11-12,21H,5-8,10H2,1-2H3,(H,22,23). The molecule has 1 heterocycles. The molecule has 0 aliphatic carbocycles. The summed E-state index contributed by atoms with van der Waals surface area (Å²) in [4.78, 5) is 11.7. The Morgan fingerprint density at radius 2 is 2.00 bits per heavy atom. The lowest BCUT2D eigenvalue weighted by Gasteiger charge is -2.26. The van der Waals surface area contributed by atoms with E-state index in [1.807, 2.05) is 13.8 Å². The van der Waals surface area contributed by atoms with Gasteiger partial charge in [-0.05, 0) is 69.5 Å². The molecule has 2 N–H and O–H groups in total. The highest BCUT2D eigenvalue weighted by molar-refractivity contribution is 5.77. The molecule has 0 aromatic heterocycles. The first kappa shape index (κ1) is 18.6. The Morgan fingerprint density at radius 3 is 2.58 bits per heavy atom. The lowest BCUT2D eigenvalue weighted by Crippen LogP contribution is -2.34. The average molecular weight is 344 g/mol. The summed E-state index contributed by atoms with van der Waals surface area (Å²) in [6, 6.07) is 3.46. The molecule has 1 aromatic rings. The Kier molecular flexibility index (Phi) is 6.10. The first-order chi connectivity index (χ1) is 11.3. The second kappa shape index (κ2) is 7.88. The van der Waals surface area contributed by atoms with Crippen molar-refractivity contribution in [2.45, 2.75) is 44.8 Å². The lowest BCUT2D eigenvalue weighted by atomic mass is 9.88. The molecule has 1 aliphatic rings. The Balaban J connectivity index is 2.20. The van der Waals surface area contributed by atoms with Gasteiger partial charge in [0.1, 0.15) is 5.75 Å². The van der Waals surface area contributed by atoms with E-state index < -0.39 is 11.7 Å². The van der Waals surface area contributed by atoms with E-state index in [0.717, 1.165) is 38.1 Å². The van der Waals surface area contributed by atoms with Gasteiger partial charge in [-0.3, -0.25) is 4.79 Å². The minimum Gasteiger partial charge on any atom is -0.483 e. The molecule has 1 amide bonds. The quantitative estimate of drug-likeness (QED) is 0.863.